The Labute approximate surface area is 404 Å². The Kier molecular flexibility index (Phi) is 16.2. The van der Waals surface area contributed by atoms with E-state index in [1.165, 1.54) is 30.8 Å². The molecule has 5 N–H and O–H groups in total. The number of amides is 3. The maximum atomic E-state index is 17.8. The van der Waals surface area contributed by atoms with Crippen molar-refractivity contribution in [1.29, 1.82) is 0 Å². The van der Waals surface area contributed by atoms with Crippen LogP contribution in [0.15, 0.2) is 72.3 Å². The Morgan fingerprint density at radius 3 is 2.17 bits per heavy atom. The van der Waals surface area contributed by atoms with Gasteiger partial charge in [0.15, 0.2) is 34.9 Å². The fourth-order valence-corrected chi connectivity index (χ4v) is 11.8. The summed E-state index contributed by atoms with van der Waals surface area (Å²) in [5, 5.41) is 30.1. The number of aliphatic hydroxyl groups is 2. The predicted molar refractivity (Wildman–Crippen MR) is 249 cm³/mol. The van der Waals surface area contributed by atoms with Crippen LogP contribution in [0, 0.1) is 28.6 Å². The number of hydrogen-bond donors (Lipinski definition) is 5. The van der Waals surface area contributed by atoms with Crippen LogP contribution >= 0.6 is 11.8 Å². The third-order valence-electron chi connectivity index (χ3n) is 15.5. The van der Waals surface area contributed by atoms with Crippen molar-refractivity contribution in [2.24, 2.45) is 28.6 Å². The molecule has 0 aromatic heterocycles. The number of halogens is 2. The van der Waals surface area contributed by atoms with Crippen molar-refractivity contribution in [2.75, 3.05) is 24.7 Å². The lowest BCUT2D eigenvalue weighted by Gasteiger charge is -2.63. The van der Waals surface area contributed by atoms with Crippen LogP contribution in [0.2, 0.25) is 0 Å². The number of allylic oxidation sites excluding steroid dienone is 4. The minimum atomic E-state index is -2.34. The lowest BCUT2D eigenvalue weighted by Crippen LogP contribution is -2.70. The van der Waals surface area contributed by atoms with Gasteiger partial charge in [0, 0.05) is 59.2 Å². The van der Waals surface area contributed by atoms with Crippen LogP contribution in [0.5, 0.6) is 0 Å². The number of ketones is 3. The van der Waals surface area contributed by atoms with Crippen molar-refractivity contribution in [3.63, 3.8) is 0 Å². The highest BCUT2D eigenvalue weighted by Gasteiger charge is 2.80. The van der Waals surface area contributed by atoms with E-state index in [1.807, 2.05) is 49.6 Å². The van der Waals surface area contributed by atoms with Gasteiger partial charge < -0.3 is 35.6 Å². The molecular weight excluding hydrogens is 917 g/mol. The number of benzene rings is 2. The average Bonchev–Trinajstić information content (AvgIpc) is 3.83. The van der Waals surface area contributed by atoms with Gasteiger partial charge in [-0.2, -0.15) is 21.4 Å². The second-order valence-corrected chi connectivity index (χ2v) is 20.5. The third-order valence-corrected chi connectivity index (χ3v) is 16.4. The van der Waals surface area contributed by atoms with Gasteiger partial charge in [-0.25, -0.2) is 8.78 Å². The smallest absolute Gasteiger partial charge is 0.373 e. The Hall–Kier alpha value is -5.23. The van der Waals surface area contributed by atoms with Crippen molar-refractivity contribution in [3.8, 4) is 0 Å². The number of carbonyl (C=O) groups excluding carboxylic acids is 8. The number of Topliss-reactive ketones (excluding diaryl/α,β-unsaturated/α-hetero) is 2. The molecule has 4 aliphatic carbocycles. The fourth-order valence-electron chi connectivity index (χ4n) is 11.5. The normalized spacial score (nSPS) is 32.4. The van der Waals surface area contributed by atoms with Gasteiger partial charge in [0.25, 0.3) is 0 Å². The Morgan fingerprint density at radius 1 is 0.942 bits per heavy atom. The van der Waals surface area contributed by atoms with Crippen LogP contribution in [0.3, 0.4) is 0 Å². The first-order chi connectivity index (χ1) is 32.6. The highest BCUT2D eigenvalue weighted by Crippen LogP contribution is 2.72. The monoisotopic (exact) mass is 977 g/mol. The van der Waals surface area contributed by atoms with E-state index in [9.17, 15) is 39.0 Å². The summed E-state index contributed by atoms with van der Waals surface area (Å²) in [5.41, 5.74) is -3.87. The Bertz CT molecular complexity index is 2410. The van der Waals surface area contributed by atoms with E-state index in [0.717, 1.165) is 17.2 Å². The van der Waals surface area contributed by atoms with Crippen molar-refractivity contribution >= 4 is 58.7 Å². The van der Waals surface area contributed by atoms with Crippen molar-refractivity contribution in [2.45, 2.75) is 127 Å². The van der Waals surface area contributed by atoms with Gasteiger partial charge in [-0.1, -0.05) is 63.2 Å². The number of nitrogens with one attached hydrogen (secondary N) is 3. The molecule has 372 valence electrons. The molecular formula is C51H61F2N3O12S. The van der Waals surface area contributed by atoms with Crippen LogP contribution in [-0.4, -0.2) is 112 Å². The number of fused-ring (bicyclic) bond motifs is 7. The zero-order valence-corrected chi connectivity index (χ0v) is 40.5. The van der Waals surface area contributed by atoms with Gasteiger partial charge in [-0.05, 0) is 93.2 Å². The minimum absolute atomic E-state index is 0.00738. The molecule has 15 nitrogen and oxygen atoms in total. The van der Waals surface area contributed by atoms with Gasteiger partial charge in [0.1, 0.15) is 12.8 Å². The molecule has 1 unspecified atom stereocenters. The molecule has 2 aromatic carbocycles. The number of hydrogen-bond acceptors (Lipinski definition) is 13. The molecule has 0 spiro atoms. The highest BCUT2D eigenvalue weighted by molar-refractivity contribution is 7.99. The first-order valence-corrected chi connectivity index (χ1v) is 24.4. The minimum Gasteiger partial charge on any atom is -0.390 e. The van der Waals surface area contributed by atoms with Crippen molar-refractivity contribution in [3.05, 3.63) is 89.0 Å². The quantitative estimate of drug-likeness (QED) is 0.146. The summed E-state index contributed by atoms with van der Waals surface area (Å²) >= 11 is 1.40. The maximum Gasteiger partial charge on any atom is 0.373 e. The SMILES string of the molecule is CSC(C)C(=O)NCCC(=O)N[C@@H](C)C(=O)C[C@@H](C)C(=O)Nc1ccc([C@@H](C)c2ccc([C@@H]3O[C@@H]4C[C@H]5[C@@H]6C[C@H](F)C7=CC(=O)C=C[C@]7(C)[C@@]6(F)[C@@H](O)C[C@]5(C)[C@]4(C(=O)CO)O3)cc2)cc1.O=C=O. The molecule has 69 heavy (non-hydrogen) atoms. The average molecular weight is 978 g/mol. The summed E-state index contributed by atoms with van der Waals surface area (Å²) in [6.07, 6.45) is 0.124. The zero-order valence-electron chi connectivity index (χ0n) is 39.7. The summed E-state index contributed by atoms with van der Waals surface area (Å²) in [7, 11) is 0. The third kappa shape index (κ3) is 9.68. The van der Waals surface area contributed by atoms with E-state index < -0.39 is 88.7 Å². The topological polar surface area (TPSA) is 232 Å². The molecule has 14 atom stereocenters. The number of rotatable bonds is 16. The van der Waals surface area contributed by atoms with Crippen LogP contribution in [0.4, 0.5) is 14.5 Å². The molecule has 7 rings (SSSR count). The van der Waals surface area contributed by atoms with E-state index in [1.54, 1.807) is 39.8 Å². The van der Waals surface area contributed by atoms with Gasteiger partial charge in [0.2, 0.25) is 17.7 Å². The second-order valence-electron chi connectivity index (χ2n) is 19.3. The number of aliphatic hydroxyl groups excluding tert-OH is 2. The largest absolute Gasteiger partial charge is 0.390 e. The van der Waals surface area contributed by atoms with Crippen molar-refractivity contribution < 1.29 is 66.8 Å². The first kappa shape index (κ1) is 53.1. The van der Waals surface area contributed by atoms with E-state index in [2.05, 4.69) is 16.0 Å². The second kappa shape index (κ2) is 21.0. The molecule has 0 bridgehead atoms. The fraction of sp³-hybridized carbons (Fsp3) is 0.549. The summed E-state index contributed by atoms with van der Waals surface area (Å²) < 4.78 is 46.9. The molecule has 1 saturated heterocycles. The number of ether oxygens (including phenoxy) is 2. The number of alkyl halides is 2. The van der Waals surface area contributed by atoms with E-state index in [-0.39, 0.29) is 85.0 Å². The lowest BCUT2D eigenvalue weighted by atomic mass is 9.44. The molecule has 0 radical (unpaired) electrons. The van der Waals surface area contributed by atoms with Gasteiger partial charge in [-0.15, -0.1) is 0 Å². The van der Waals surface area contributed by atoms with E-state index in [4.69, 9.17) is 19.1 Å². The first-order valence-electron chi connectivity index (χ1n) is 23.1. The highest BCUT2D eigenvalue weighted by atomic mass is 32.2. The van der Waals surface area contributed by atoms with Crippen LogP contribution < -0.4 is 16.0 Å². The van der Waals surface area contributed by atoms with Gasteiger partial charge in [0.05, 0.1) is 23.5 Å². The van der Waals surface area contributed by atoms with E-state index in [0.29, 0.717) is 11.3 Å². The van der Waals surface area contributed by atoms with Gasteiger partial charge in [-0.3, -0.25) is 28.8 Å². The summed E-state index contributed by atoms with van der Waals surface area (Å²) in [6.45, 7) is 9.53. The molecule has 1 heterocycles. The van der Waals surface area contributed by atoms with Crippen molar-refractivity contribution in [1.82, 2.24) is 10.6 Å². The molecule has 5 aliphatic rings. The number of thioether (sulfide) groups is 1. The maximum absolute atomic E-state index is 17.8. The lowest BCUT2D eigenvalue weighted by molar-refractivity contribution is -0.235. The zero-order chi connectivity index (χ0) is 50.8. The summed E-state index contributed by atoms with van der Waals surface area (Å²) in [5.74, 6) is -4.75. The number of carbonyl (C=O) groups is 6. The summed E-state index contributed by atoms with van der Waals surface area (Å²) in [4.78, 5) is 92.6. The molecule has 1 aliphatic heterocycles. The molecule has 4 fully saturated rings. The molecule has 3 amide bonds. The molecule has 2 aromatic rings. The van der Waals surface area contributed by atoms with Crippen LogP contribution in [-0.2, 0) is 47.8 Å². The Morgan fingerprint density at radius 2 is 1.57 bits per heavy atom. The van der Waals surface area contributed by atoms with Crippen LogP contribution in [0.25, 0.3) is 0 Å². The van der Waals surface area contributed by atoms with Gasteiger partial charge >= 0.3 is 6.15 Å². The standard InChI is InChI=1S/C50H61F2N3O10S.CO2/c1-26(20-39(58)28(3)54-43(61)17-19-53-45(63)29(4)66-7)44(62)55-33-14-12-31(13-15-33)27(2)30-8-10-32(11-9-30)46-64-42-23-35-36-22-38(51)37-21-34(57)16-18-47(37,5)49(36,52)40(59)24-48(35,6)50(42,65-46)41(60)25-56;2-1-3/h8-16,18,21,26-29,35-36,38,40,42,46,56,59H,17,19-20,22-25H2,1-7H3,(H,53,63)(H,54,61)(H,55,62);/t26-,27+,28+,29?,35+,36+,38+,40+,42-,46-,47+,48+,49+,50-;/m1./s1. The molecule has 3 saturated carbocycles. The summed E-state index contributed by atoms with van der Waals surface area (Å²) in [6, 6.07) is 14.0. The van der Waals surface area contributed by atoms with E-state index >= 15 is 8.78 Å². The predicted octanol–water partition coefficient (Wildman–Crippen LogP) is 5.19. The Balaban J connectivity index is 0.00000254. The number of anilines is 1. The van der Waals surface area contributed by atoms with Crippen LogP contribution in [0.1, 0.15) is 103 Å². The molecule has 18 heteroatoms.